The maximum absolute atomic E-state index is 11.9. The first-order valence-corrected chi connectivity index (χ1v) is 6.59. The summed E-state index contributed by atoms with van der Waals surface area (Å²) < 4.78 is 2.30. The summed E-state index contributed by atoms with van der Waals surface area (Å²) in [5, 5.41) is 4.34. The van der Waals surface area contributed by atoms with Crippen molar-refractivity contribution in [2.75, 3.05) is 13.6 Å². The highest BCUT2D eigenvalue weighted by Gasteiger charge is 2.06. The molecule has 0 atom stereocenters. The first kappa shape index (κ1) is 13.7. The van der Waals surface area contributed by atoms with Crippen molar-refractivity contribution in [3.63, 3.8) is 0 Å². The molecule has 2 heterocycles. The van der Waals surface area contributed by atoms with E-state index in [2.05, 4.69) is 26.2 Å². The standard InChI is InChI=1S/C12H13BrN4O2/c1-14-11(18)6-15-5-9-4-12(19)17-7-8(13)2-3-10(17)16-9/h2-4,7,15H,5-6H2,1H3,(H,14,18)/p+1. The molecule has 2 rings (SSSR count). The second-order valence-corrected chi connectivity index (χ2v) is 4.95. The number of nitrogens with zero attached hydrogens (tertiary/aromatic N) is 2. The third kappa shape index (κ3) is 3.39. The highest BCUT2D eigenvalue weighted by Crippen LogP contribution is 2.09. The molecule has 0 fully saturated rings. The Balaban J connectivity index is 2.19. The number of pyridine rings is 1. The molecule has 0 saturated heterocycles. The lowest BCUT2D eigenvalue weighted by Gasteiger charge is -2.04. The highest BCUT2D eigenvalue weighted by atomic mass is 79.9. The summed E-state index contributed by atoms with van der Waals surface area (Å²) in [6, 6.07) is 5.09. The summed E-state index contributed by atoms with van der Waals surface area (Å²) in [6.45, 7) is 0.813. The van der Waals surface area contributed by atoms with Crippen molar-refractivity contribution in [2.24, 2.45) is 0 Å². The van der Waals surface area contributed by atoms with Gasteiger partial charge in [0.25, 0.3) is 11.5 Å². The number of hydrogen-bond donors (Lipinski definition) is 2. The SMILES string of the molecule is CNC(=O)C[NH2+]Cc1cc(=O)n2cc(Br)ccc2n1. The predicted octanol–water partition coefficient (Wildman–Crippen LogP) is -0.734. The van der Waals surface area contributed by atoms with Gasteiger partial charge in [-0.15, -0.1) is 0 Å². The highest BCUT2D eigenvalue weighted by molar-refractivity contribution is 9.10. The van der Waals surface area contributed by atoms with Crippen LogP contribution in [0.3, 0.4) is 0 Å². The number of fused-ring (bicyclic) bond motifs is 1. The van der Waals surface area contributed by atoms with Crippen LogP contribution in [0.1, 0.15) is 5.69 Å². The second-order valence-electron chi connectivity index (χ2n) is 4.03. The van der Waals surface area contributed by atoms with E-state index in [0.29, 0.717) is 24.4 Å². The van der Waals surface area contributed by atoms with Crippen LogP contribution in [0.15, 0.2) is 33.7 Å². The number of rotatable bonds is 4. The molecular weight excluding hydrogens is 312 g/mol. The van der Waals surface area contributed by atoms with Gasteiger partial charge < -0.3 is 10.6 Å². The lowest BCUT2D eigenvalue weighted by Crippen LogP contribution is -2.85. The minimum Gasteiger partial charge on any atom is -0.354 e. The van der Waals surface area contributed by atoms with Crippen molar-refractivity contribution in [3.05, 3.63) is 44.9 Å². The first-order chi connectivity index (χ1) is 9.10. The van der Waals surface area contributed by atoms with E-state index in [-0.39, 0.29) is 11.5 Å². The number of carbonyl (C=O) groups is 1. The smallest absolute Gasteiger partial charge is 0.274 e. The molecular formula is C12H14BrN4O2+. The number of likely N-dealkylation sites (N-methyl/N-ethyl adjacent to an activating group) is 1. The predicted molar refractivity (Wildman–Crippen MR) is 73.7 cm³/mol. The lowest BCUT2D eigenvalue weighted by molar-refractivity contribution is -0.660. The second kappa shape index (κ2) is 5.94. The fraction of sp³-hybridized carbons (Fsp3) is 0.250. The molecule has 0 spiro atoms. The van der Waals surface area contributed by atoms with Crippen molar-refractivity contribution < 1.29 is 10.1 Å². The zero-order chi connectivity index (χ0) is 13.8. The van der Waals surface area contributed by atoms with Crippen molar-refractivity contribution in [2.45, 2.75) is 6.54 Å². The van der Waals surface area contributed by atoms with E-state index in [4.69, 9.17) is 0 Å². The Morgan fingerprint density at radius 2 is 2.32 bits per heavy atom. The normalized spacial score (nSPS) is 10.6. The molecule has 19 heavy (non-hydrogen) atoms. The molecule has 2 aromatic rings. The van der Waals surface area contributed by atoms with Gasteiger partial charge in [-0.2, -0.15) is 0 Å². The van der Waals surface area contributed by atoms with Crippen molar-refractivity contribution in [3.8, 4) is 0 Å². The van der Waals surface area contributed by atoms with Gasteiger partial charge in [0.2, 0.25) is 0 Å². The Morgan fingerprint density at radius 1 is 1.53 bits per heavy atom. The van der Waals surface area contributed by atoms with E-state index < -0.39 is 0 Å². The van der Waals surface area contributed by atoms with Gasteiger partial charge in [-0.1, -0.05) is 0 Å². The van der Waals surface area contributed by atoms with Crippen LogP contribution in [0.2, 0.25) is 0 Å². The van der Waals surface area contributed by atoms with E-state index in [1.54, 1.807) is 24.6 Å². The van der Waals surface area contributed by atoms with Crippen molar-refractivity contribution in [1.29, 1.82) is 0 Å². The van der Waals surface area contributed by atoms with Gasteiger partial charge in [0.15, 0.2) is 6.54 Å². The minimum atomic E-state index is -0.130. The van der Waals surface area contributed by atoms with E-state index >= 15 is 0 Å². The van der Waals surface area contributed by atoms with Gasteiger partial charge in [0.1, 0.15) is 17.9 Å². The Hall–Kier alpha value is -1.73. The molecule has 0 aromatic carbocycles. The molecule has 100 valence electrons. The van der Waals surface area contributed by atoms with Crippen LogP contribution in [0.25, 0.3) is 5.65 Å². The summed E-state index contributed by atoms with van der Waals surface area (Å²) >= 11 is 3.31. The fourth-order valence-corrected chi connectivity index (χ4v) is 2.02. The molecule has 0 aliphatic carbocycles. The Morgan fingerprint density at radius 3 is 3.05 bits per heavy atom. The van der Waals surface area contributed by atoms with Crippen LogP contribution in [-0.2, 0) is 11.3 Å². The quantitative estimate of drug-likeness (QED) is 0.777. The van der Waals surface area contributed by atoms with Gasteiger partial charge in [-0.05, 0) is 28.1 Å². The monoisotopic (exact) mass is 325 g/mol. The zero-order valence-corrected chi connectivity index (χ0v) is 12.0. The molecule has 0 saturated carbocycles. The molecule has 1 amide bonds. The number of nitrogens with two attached hydrogens (primary N) is 1. The maximum Gasteiger partial charge on any atom is 0.274 e. The summed E-state index contributed by atoms with van der Waals surface area (Å²) in [5.74, 6) is -0.0542. The zero-order valence-electron chi connectivity index (χ0n) is 10.4. The number of aromatic nitrogens is 2. The average Bonchev–Trinajstić information content (AvgIpc) is 2.39. The molecule has 6 nitrogen and oxygen atoms in total. The van der Waals surface area contributed by atoms with Gasteiger partial charge in [-0.3, -0.25) is 14.0 Å². The van der Waals surface area contributed by atoms with Gasteiger partial charge >= 0.3 is 0 Å². The number of hydrogen-bond acceptors (Lipinski definition) is 3. The average molecular weight is 326 g/mol. The van der Waals surface area contributed by atoms with E-state index in [0.717, 1.165) is 4.47 Å². The first-order valence-electron chi connectivity index (χ1n) is 5.80. The van der Waals surface area contributed by atoms with Crippen LogP contribution in [-0.4, -0.2) is 28.9 Å². The van der Waals surface area contributed by atoms with E-state index in [1.165, 1.54) is 10.5 Å². The van der Waals surface area contributed by atoms with Crippen LogP contribution in [0.5, 0.6) is 0 Å². The van der Waals surface area contributed by atoms with E-state index in [9.17, 15) is 9.59 Å². The summed E-state index contributed by atoms with van der Waals surface area (Å²) in [6.07, 6.45) is 1.68. The summed E-state index contributed by atoms with van der Waals surface area (Å²) in [5.41, 5.74) is 1.13. The van der Waals surface area contributed by atoms with Crippen molar-refractivity contribution in [1.82, 2.24) is 14.7 Å². The van der Waals surface area contributed by atoms with Crippen LogP contribution >= 0.6 is 15.9 Å². The van der Waals surface area contributed by atoms with Crippen LogP contribution in [0, 0.1) is 0 Å². The third-order valence-corrected chi connectivity index (χ3v) is 3.11. The largest absolute Gasteiger partial charge is 0.354 e. The van der Waals surface area contributed by atoms with Gasteiger partial charge in [0, 0.05) is 23.8 Å². The number of amides is 1. The Labute approximate surface area is 118 Å². The lowest BCUT2D eigenvalue weighted by atomic mass is 10.3. The molecule has 2 aromatic heterocycles. The number of nitrogens with one attached hydrogen (secondary N) is 1. The summed E-state index contributed by atoms with van der Waals surface area (Å²) in [7, 11) is 1.59. The third-order valence-electron chi connectivity index (χ3n) is 2.64. The van der Waals surface area contributed by atoms with Crippen molar-refractivity contribution >= 4 is 27.5 Å². The number of quaternary nitrogens is 1. The number of carbonyl (C=O) groups excluding carboxylic acids is 1. The Kier molecular flexibility index (Phi) is 4.28. The Bertz CT molecular complexity index is 668. The van der Waals surface area contributed by atoms with E-state index in [1.807, 2.05) is 6.07 Å². The van der Waals surface area contributed by atoms with Crippen LogP contribution < -0.4 is 16.2 Å². The minimum absolute atomic E-state index is 0.0542. The van der Waals surface area contributed by atoms with Gasteiger partial charge in [0.05, 0.1) is 0 Å². The molecule has 0 radical (unpaired) electrons. The molecule has 0 unspecified atom stereocenters. The summed E-state index contributed by atoms with van der Waals surface area (Å²) in [4.78, 5) is 27.4. The molecule has 0 aliphatic heterocycles. The van der Waals surface area contributed by atoms with Gasteiger partial charge in [-0.25, -0.2) is 4.98 Å². The molecule has 7 heteroatoms. The molecule has 0 aliphatic rings. The topological polar surface area (TPSA) is 80.1 Å². The maximum atomic E-state index is 11.9. The number of halogens is 1. The molecule has 0 bridgehead atoms. The fourth-order valence-electron chi connectivity index (χ4n) is 1.68. The van der Waals surface area contributed by atoms with Crippen LogP contribution in [0.4, 0.5) is 0 Å². The molecule has 3 N–H and O–H groups in total.